The van der Waals surface area contributed by atoms with Gasteiger partial charge in [0.25, 0.3) is 5.82 Å². The molecule has 3 aromatic rings. The minimum absolute atomic E-state index is 0.00757. The number of furan rings is 1. The standard InChI is InChI=1S/C20H23F3N6O2/c1-13(4-5-15-3-2-12-31-15)24-18(30)14-8-10-28(11-9-14)17-7-6-16-25-26-19(20(21,22)23)29(16)27-17/h2-3,6-7,12-14H,4-5,8-11H2,1H3,(H,24,30). The van der Waals surface area contributed by atoms with E-state index < -0.39 is 12.0 Å². The molecular weight excluding hydrogens is 413 g/mol. The fraction of sp³-hybridized carbons (Fsp3) is 0.500. The van der Waals surface area contributed by atoms with Crippen LogP contribution in [0.15, 0.2) is 34.9 Å². The molecule has 1 fully saturated rings. The van der Waals surface area contributed by atoms with Crippen molar-refractivity contribution >= 4 is 17.4 Å². The van der Waals surface area contributed by atoms with E-state index in [-0.39, 0.29) is 23.5 Å². The first-order valence-electron chi connectivity index (χ1n) is 10.2. The van der Waals surface area contributed by atoms with Crippen LogP contribution in [0, 0.1) is 5.92 Å². The van der Waals surface area contributed by atoms with Gasteiger partial charge in [-0.1, -0.05) is 0 Å². The molecule has 0 aromatic carbocycles. The van der Waals surface area contributed by atoms with E-state index in [1.165, 1.54) is 6.07 Å². The molecule has 4 heterocycles. The van der Waals surface area contributed by atoms with Crippen molar-refractivity contribution in [2.24, 2.45) is 5.92 Å². The summed E-state index contributed by atoms with van der Waals surface area (Å²) in [6.45, 7) is 3.02. The van der Waals surface area contributed by atoms with Crippen molar-refractivity contribution < 1.29 is 22.4 Å². The largest absolute Gasteiger partial charge is 0.469 e. The van der Waals surface area contributed by atoms with Crippen LogP contribution in [-0.4, -0.2) is 44.8 Å². The summed E-state index contributed by atoms with van der Waals surface area (Å²) in [5.74, 6) is 0.0196. The molecule has 0 aliphatic carbocycles. The van der Waals surface area contributed by atoms with Gasteiger partial charge in [0.1, 0.15) is 11.6 Å². The summed E-state index contributed by atoms with van der Waals surface area (Å²) >= 11 is 0. The minimum atomic E-state index is -4.64. The van der Waals surface area contributed by atoms with Crippen molar-refractivity contribution in [3.63, 3.8) is 0 Å². The number of hydrogen-bond donors (Lipinski definition) is 1. The van der Waals surface area contributed by atoms with Gasteiger partial charge in [-0.15, -0.1) is 15.3 Å². The SMILES string of the molecule is CC(CCc1ccco1)NC(=O)C1CCN(c2ccc3nnc(C(F)(F)F)n3n2)CC1. The van der Waals surface area contributed by atoms with Crippen LogP contribution in [0.2, 0.25) is 0 Å². The van der Waals surface area contributed by atoms with E-state index >= 15 is 0 Å². The highest BCUT2D eigenvalue weighted by molar-refractivity contribution is 5.79. The zero-order chi connectivity index (χ0) is 22.0. The number of carbonyl (C=O) groups excluding carboxylic acids is 1. The Kier molecular flexibility index (Phi) is 5.84. The topological polar surface area (TPSA) is 88.6 Å². The molecule has 1 atom stereocenters. The molecular formula is C20H23F3N6O2. The quantitative estimate of drug-likeness (QED) is 0.639. The van der Waals surface area contributed by atoms with Gasteiger partial charge < -0.3 is 14.6 Å². The summed E-state index contributed by atoms with van der Waals surface area (Å²) in [6.07, 6.45) is -0.266. The molecule has 0 radical (unpaired) electrons. The zero-order valence-corrected chi connectivity index (χ0v) is 17.0. The first-order valence-corrected chi connectivity index (χ1v) is 10.2. The van der Waals surface area contributed by atoms with Gasteiger partial charge in [0.2, 0.25) is 5.91 Å². The Hall–Kier alpha value is -3.11. The molecule has 1 amide bonds. The molecule has 3 aromatic heterocycles. The molecule has 1 saturated heterocycles. The van der Waals surface area contributed by atoms with Crippen molar-refractivity contribution in [3.8, 4) is 0 Å². The number of rotatable bonds is 6. The predicted molar refractivity (Wildman–Crippen MR) is 105 cm³/mol. The highest BCUT2D eigenvalue weighted by Crippen LogP contribution is 2.28. The second-order valence-corrected chi connectivity index (χ2v) is 7.77. The lowest BCUT2D eigenvalue weighted by Crippen LogP contribution is -2.43. The molecule has 11 heteroatoms. The van der Waals surface area contributed by atoms with Gasteiger partial charge in [-0.3, -0.25) is 4.79 Å². The van der Waals surface area contributed by atoms with E-state index in [0.29, 0.717) is 31.7 Å². The summed E-state index contributed by atoms with van der Waals surface area (Å²) in [6, 6.07) is 6.86. The van der Waals surface area contributed by atoms with Crippen LogP contribution in [0.3, 0.4) is 0 Å². The molecule has 1 N–H and O–H groups in total. The average molecular weight is 436 g/mol. The third-order valence-corrected chi connectivity index (χ3v) is 5.48. The van der Waals surface area contributed by atoms with E-state index in [1.54, 1.807) is 12.3 Å². The number of anilines is 1. The average Bonchev–Trinajstić information content (AvgIpc) is 3.41. The van der Waals surface area contributed by atoms with Crippen molar-refractivity contribution in [1.82, 2.24) is 25.1 Å². The fourth-order valence-corrected chi connectivity index (χ4v) is 3.74. The lowest BCUT2D eigenvalue weighted by molar-refractivity contribution is -0.146. The van der Waals surface area contributed by atoms with Crippen molar-refractivity contribution in [2.75, 3.05) is 18.0 Å². The Morgan fingerprint density at radius 1 is 1.26 bits per heavy atom. The van der Waals surface area contributed by atoms with Gasteiger partial charge in [-0.05, 0) is 50.5 Å². The van der Waals surface area contributed by atoms with E-state index in [4.69, 9.17) is 4.42 Å². The van der Waals surface area contributed by atoms with Gasteiger partial charge in [0.15, 0.2) is 5.65 Å². The highest BCUT2D eigenvalue weighted by Gasteiger charge is 2.38. The van der Waals surface area contributed by atoms with E-state index in [0.717, 1.165) is 23.1 Å². The van der Waals surface area contributed by atoms with Crippen LogP contribution in [0.1, 0.15) is 37.8 Å². The molecule has 1 unspecified atom stereocenters. The molecule has 1 aliphatic heterocycles. The predicted octanol–water partition coefficient (Wildman–Crippen LogP) is 3.09. The smallest absolute Gasteiger partial charge is 0.453 e. The number of alkyl halides is 3. The molecule has 166 valence electrons. The fourth-order valence-electron chi connectivity index (χ4n) is 3.74. The van der Waals surface area contributed by atoms with Gasteiger partial charge in [0, 0.05) is 31.5 Å². The zero-order valence-electron chi connectivity index (χ0n) is 17.0. The van der Waals surface area contributed by atoms with Crippen molar-refractivity contribution in [2.45, 2.75) is 44.8 Å². The van der Waals surface area contributed by atoms with Crippen LogP contribution < -0.4 is 10.2 Å². The van der Waals surface area contributed by atoms with Gasteiger partial charge in [0.05, 0.1) is 6.26 Å². The number of carbonyl (C=O) groups is 1. The molecule has 4 rings (SSSR count). The van der Waals surface area contributed by atoms with E-state index in [1.807, 2.05) is 24.0 Å². The van der Waals surface area contributed by atoms with Gasteiger partial charge in [-0.2, -0.15) is 17.7 Å². The second kappa shape index (κ2) is 8.56. The minimum Gasteiger partial charge on any atom is -0.469 e. The Morgan fingerprint density at radius 3 is 2.71 bits per heavy atom. The van der Waals surface area contributed by atoms with E-state index in [2.05, 4.69) is 20.6 Å². The molecule has 0 saturated carbocycles. The van der Waals surface area contributed by atoms with E-state index in [9.17, 15) is 18.0 Å². The number of aromatic nitrogens is 4. The summed E-state index contributed by atoms with van der Waals surface area (Å²) < 4.78 is 45.3. The summed E-state index contributed by atoms with van der Waals surface area (Å²) in [5, 5.41) is 13.8. The first kappa shape index (κ1) is 21.1. The van der Waals surface area contributed by atoms with Crippen molar-refractivity contribution in [3.05, 3.63) is 42.1 Å². The number of halogens is 3. The Labute approximate surface area is 176 Å². The Bertz CT molecular complexity index is 1030. The highest BCUT2D eigenvalue weighted by atomic mass is 19.4. The lowest BCUT2D eigenvalue weighted by Gasteiger charge is -2.32. The molecule has 31 heavy (non-hydrogen) atoms. The number of hydrogen-bond acceptors (Lipinski definition) is 6. The molecule has 1 aliphatic rings. The van der Waals surface area contributed by atoms with Crippen LogP contribution >= 0.6 is 0 Å². The number of nitrogens with one attached hydrogen (secondary N) is 1. The summed E-state index contributed by atoms with van der Waals surface area (Å²) in [4.78, 5) is 14.5. The maximum atomic E-state index is 13.1. The van der Waals surface area contributed by atoms with Crippen LogP contribution in [0.5, 0.6) is 0 Å². The second-order valence-electron chi connectivity index (χ2n) is 7.77. The normalized spacial score (nSPS) is 16.6. The third kappa shape index (κ3) is 4.80. The Balaban J connectivity index is 1.32. The van der Waals surface area contributed by atoms with Gasteiger partial charge in [-0.25, -0.2) is 0 Å². The van der Waals surface area contributed by atoms with Crippen molar-refractivity contribution in [1.29, 1.82) is 0 Å². The van der Waals surface area contributed by atoms with Crippen LogP contribution in [0.25, 0.3) is 5.65 Å². The van der Waals surface area contributed by atoms with Crippen LogP contribution in [0.4, 0.5) is 19.0 Å². The summed E-state index contributed by atoms with van der Waals surface area (Å²) in [7, 11) is 0. The summed E-state index contributed by atoms with van der Waals surface area (Å²) in [5.41, 5.74) is 0.0360. The number of amides is 1. The maximum absolute atomic E-state index is 13.1. The maximum Gasteiger partial charge on any atom is 0.453 e. The number of aryl methyl sites for hydroxylation is 1. The number of nitrogens with zero attached hydrogens (tertiary/aromatic N) is 5. The molecule has 0 bridgehead atoms. The number of piperidine rings is 1. The Morgan fingerprint density at radius 2 is 2.03 bits per heavy atom. The molecule has 8 nitrogen and oxygen atoms in total. The van der Waals surface area contributed by atoms with Crippen LogP contribution in [-0.2, 0) is 17.4 Å². The molecule has 0 spiro atoms. The number of fused-ring (bicyclic) bond motifs is 1. The third-order valence-electron chi connectivity index (χ3n) is 5.48. The first-order chi connectivity index (χ1) is 14.8. The van der Waals surface area contributed by atoms with Gasteiger partial charge >= 0.3 is 6.18 Å². The monoisotopic (exact) mass is 436 g/mol. The lowest BCUT2D eigenvalue weighted by atomic mass is 9.95.